The Labute approximate surface area is 141 Å². The second-order valence-corrected chi connectivity index (χ2v) is 6.30. The molecule has 1 aliphatic heterocycles. The molecule has 2 unspecified atom stereocenters. The Bertz CT molecular complexity index is 710. The zero-order valence-corrected chi connectivity index (χ0v) is 14.1. The first-order valence-corrected chi connectivity index (χ1v) is 8.44. The van der Waals surface area contributed by atoms with E-state index < -0.39 is 0 Å². The first kappa shape index (κ1) is 16.6. The maximum absolute atomic E-state index is 13.1. The molecule has 1 aromatic carbocycles. The van der Waals surface area contributed by atoms with Crippen molar-refractivity contribution < 1.29 is 9.18 Å². The Kier molecular flexibility index (Phi) is 4.94. The predicted molar refractivity (Wildman–Crippen MR) is 90.8 cm³/mol. The minimum Gasteiger partial charge on any atom is -0.349 e. The van der Waals surface area contributed by atoms with Gasteiger partial charge < -0.3 is 10.6 Å². The van der Waals surface area contributed by atoms with Crippen molar-refractivity contribution in [1.82, 2.24) is 20.4 Å². The van der Waals surface area contributed by atoms with Crippen molar-refractivity contribution in [3.8, 4) is 5.69 Å². The largest absolute Gasteiger partial charge is 0.349 e. The van der Waals surface area contributed by atoms with E-state index in [1.165, 1.54) is 12.1 Å². The van der Waals surface area contributed by atoms with Crippen molar-refractivity contribution in [3.05, 3.63) is 47.5 Å². The molecule has 0 aliphatic carbocycles. The highest BCUT2D eigenvalue weighted by molar-refractivity contribution is 5.95. The summed E-state index contributed by atoms with van der Waals surface area (Å²) in [6.07, 6.45) is 3.20. The summed E-state index contributed by atoms with van der Waals surface area (Å²) in [6.45, 7) is 5.96. The predicted octanol–water partition coefficient (Wildman–Crippen LogP) is 2.30. The number of carbonyl (C=O) groups is 1. The summed E-state index contributed by atoms with van der Waals surface area (Å²) in [6, 6.07) is 6.30. The van der Waals surface area contributed by atoms with E-state index in [-0.39, 0.29) is 17.8 Å². The summed E-state index contributed by atoms with van der Waals surface area (Å²) in [4.78, 5) is 12.7. The zero-order chi connectivity index (χ0) is 17.1. The van der Waals surface area contributed by atoms with Gasteiger partial charge in [-0.1, -0.05) is 13.8 Å². The van der Waals surface area contributed by atoms with Crippen molar-refractivity contribution in [2.75, 3.05) is 13.1 Å². The molecule has 24 heavy (non-hydrogen) atoms. The van der Waals surface area contributed by atoms with Gasteiger partial charge in [0.2, 0.25) is 0 Å². The Morgan fingerprint density at radius 2 is 2.17 bits per heavy atom. The molecule has 2 aromatic rings. The molecule has 1 aliphatic rings. The molecular formula is C18H23FN4O. The van der Waals surface area contributed by atoms with Gasteiger partial charge in [0.15, 0.2) is 0 Å². The summed E-state index contributed by atoms with van der Waals surface area (Å²) in [5, 5.41) is 10.8. The lowest BCUT2D eigenvalue weighted by Gasteiger charge is -2.30. The number of amides is 1. The van der Waals surface area contributed by atoms with E-state index in [1.54, 1.807) is 23.0 Å². The van der Waals surface area contributed by atoms with Crippen LogP contribution in [0.3, 0.4) is 0 Å². The SMILES string of the molecule is CCc1c(C(=O)NC2CCNCC2C)cnn1-c1ccc(F)cc1. The summed E-state index contributed by atoms with van der Waals surface area (Å²) in [7, 11) is 0. The normalized spacial score (nSPS) is 20.8. The van der Waals surface area contributed by atoms with Crippen LogP contribution in [0.5, 0.6) is 0 Å². The highest BCUT2D eigenvalue weighted by Gasteiger charge is 2.25. The number of rotatable bonds is 4. The molecule has 1 saturated heterocycles. The first-order valence-electron chi connectivity index (χ1n) is 8.44. The third-order valence-electron chi connectivity index (χ3n) is 4.62. The Morgan fingerprint density at radius 1 is 1.42 bits per heavy atom. The quantitative estimate of drug-likeness (QED) is 0.904. The zero-order valence-electron chi connectivity index (χ0n) is 14.1. The monoisotopic (exact) mass is 330 g/mol. The van der Waals surface area contributed by atoms with Crippen LogP contribution in [0.1, 0.15) is 36.3 Å². The van der Waals surface area contributed by atoms with E-state index in [9.17, 15) is 9.18 Å². The Hall–Kier alpha value is -2.21. The van der Waals surface area contributed by atoms with E-state index in [2.05, 4.69) is 22.7 Å². The van der Waals surface area contributed by atoms with Gasteiger partial charge in [0, 0.05) is 6.04 Å². The number of benzene rings is 1. The Balaban J connectivity index is 1.83. The van der Waals surface area contributed by atoms with Crippen LogP contribution < -0.4 is 10.6 Å². The van der Waals surface area contributed by atoms with Gasteiger partial charge in [-0.05, 0) is 56.1 Å². The van der Waals surface area contributed by atoms with Crippen molar-refractivity contribution in [3.63, 3.8) is 0 Å². The van der Waals surface area contributed by atoms with Gasteiger partial charge in [-0.2, -0.15) is 5.10 Å². The van der Waals surface area contributed by atoms with Crippen LogP contribution in [-0.4, -0.2) is 34.8 Å². The molecular weight excluding hydrogens is 307 g/mol. The van der Waals surface area contributed by atoms with Crippen LogP contribution in [0.4, 0.5) is 4.39 Å². The molecule has 1 amide bonds. The smallest absolute Gasteiger partial charge is 0.255 e. The van der Waals surface area contributed by atoms with Crippen molar-refractivity contribution in [2.45, 2.75) is 32.7 Å². The van der Waals surface area contributed by atoms with Crippen LogP contribution in [0, 0.1) is 11.7 Å². The second kappa shape index (κ2) is 7.13. The molecule has 2 atom stereocenters. The number of carbonyl (C=O) groups excluding carboxylic acids is 1. The molecule has 2 N–H and O–H groups in total. The van der Waals surface area contributed by atoms with Gasteiger partial charge in [0.05, 0.1) is 23.1 Å². The fourth-order valence-corrected chi connectivity index (χ4v) is 3.18. The number of piperidine rings is 1. The summed E-state index contributed by atoms with van der Waals surface area (Å²) in [5.41, 5.74) is 2.18. The standard InChI is InChI=1S/C18H23FN4O/c1-3-17-15(18(24)22-16-8-9-20-10-12(16)2)11-21-23(17)14-6-4-13(19)5-7-14/h4-7,11-12,16,20H,3,8-10H2,1-2H3,(H,22,24). The van der Waals surface area contributed by atoms with Crippen molar-refractivity contribution in [2.24, 2.45) is 5.92 Å². The fraction of sp³-hybridized carbons (Fsp3) is 0.444. The Morgan fingerprint density at radius 3 is 2.83 bits per heavy atom. The molecule has 1 aromatic heterocycles. The number of nitrogens with one attached hydrogen (secondary N) is 2. The van der Waals surface area contributed by atoms with Gasteiger partial charge in [-0.15, -0.1) is 0 Å². The number of hydrogen-bond acceptors (Lipinski definition) is 3. The molecule has 2 heterocycles. The lowest BCUT2D eigenvalue weighted by atomic mass is 9.95. The van der Waals surface area contributed by atoms with Gasteiger partial charge in [-0.25, -0.2) is 9.07 Å². The second-order valence-electron chi connectivity index (χ2n) is 6.30. The van der Waals surface area contributed by atoms with Crippen molar-refractivity contribution >= 4 is 5.91 Å². The number of hydrogen-bond donors (Lipinski definition) is 2. The molecule has 0 saturated carbocycles. The fourth-order valence-electron chi connectivity index (χ4n) is 3.18. The van der Waals surface area contributed by atoms with E-state index in [0.717, 1.165) is 30.9 Å². The van der Waals surface area contributed by atoms with Gasteiger partial charge in [0.25, 0.3) is 5.91 Å². The third-order valence-corrected chi connectivity index (χ3v) is 4.62. The molecule has 3 rings (SSSR count). The third kappa shape index (κ3) is 3.33. The van der Waals surface area contributed by atoms with Crippen LogP contribution in [0.15, 0.2) is 30.5 Å². The average molecular weight is 330 g/mol. The number of halogens is 1. The summed E-state index contributed by atoms with van der Waals surface area (Å²) >= 11 is 0. The van der Waals surface area contributed by atoms with E-state index >= 15 is 0 Å². The highest BCUT2D eigenvalue weighted by atomic mass is 19.1. The minimum absolute atomic E-state index is 0.0843. The van der Waals surface area contributed by atoms with Crippen LogP contribution in [0.2, 0.25) is 0 Å². The maximum Gasteiger partial charge on any atom is 0.255 e. The van der Waals surface area contributed by atoms with Gasteiger partial charge in [0.1, 0.15) is 5.82 Å². The lowest BCUT2D eigenvalue weighted by molar-refractivity contribution is 0.0913. The number of nitrogens with zero attached hydrogens (tertiary/aromatic N) is 2. The van der Waals surface area contributed by atoms with Gasteiger partial charge >= 0.3 is 0 Å². The van der Waals surface area contributed by atoms with E-state index in [4.69, 9.17) is 0 Å². The molecule has 1 fully saturated rings. The lowest BCUT2D eigenvalue weighted by Crippen LogP contribution is -2.48. The molecule has 0 radical (unpaired) electrons. The molecule has 128 valence electrons. The maximum atomic E-state index is 13.1. The van der Waals surface area contributed by atoms with E-state index in [0.29, 0.717) is 17.9 Å². The highest BCUT2D eigenvalue weighted by Crippen LogP contribution is 2.18. The average Bonchev–Trinajstić information content (AvgIpc) is 3.01. The first-order chi connectivity index (χ1) is 11.6. The molecule has 0 spiro atoms. The number of aromatic nitrogens is 2. The van der Waals surface area contributed by atoms with E-state index in [1.807, 2.05) is 6.92 Å². The van der Waals surface area contributed by atoms with Crippen LogP contribution in [-0.2, 0) is 6.42 Å². The molecule has 5 nitrogen and oxygen atoms in total. The summed E-state index contributed by atoms with van der Waals surface area (Å²) < 4.78 is 14.8. The topological polar surface area (TPSA) is 59.0 Å². The molecule has 0 bridgehead atoms. The van der Waals surface area contributed by atoms with Gasteiger partial charge in [-0.3, -0.25) is 4.79 Å². The van der Waals surface area contributed by atoms with Crippen LogP contribution >= 0.6 is 0 Å². The minimum atomic E-state index is -0.290. The van der Waals surface area contributed by atoms with Crippen molar-refractivity contribution in [1.29, 1.82) is 0 Å². The summed E-state index contributed by atoms with van der Waals surface area (Å²) in [5.74, 6) is 0.0284. The van der Waals surface area contributed by atoms with Crippen LogP contribution in [0.25, 0.3) is 5.69 Å². The molecule has 6 heteroatoms.